The second-order valence-corrected chi connectivity index (χ2v) is 1.02. The summed E-state index contributed by atoms with van der Waals surface area (Å²) < 4.78 is 0. The standard InChI is InChI=1S/C4H2N2O/c7-4-1-5-3-6-2-4/h1,3H/p+1. The third-order valence-corrected chi connectivity index (χ3v) is 0.500. The first-order valence-corrected chi connectivity index (χ1v) is 1.76. The van der Waals surface area contributed by atoms with Gasteiger partial charge in [0.05, 0.1) is 0 Å². The molecular formula is C4H3N2O+. The molecule has 0 atom stereocenters. The molecule has 1 N–H and O–H groups in total. The minimum Gasteiger partial charge on any atom is -0.479 e. The Morgan fingerprint density at radius 3 is 2.86 bits per heavy atom. The van der Waals surface area contributed by atoms with Crippen LogP contribution in [0.4, 0.5) is 0 Å². The molecule has 7 heavy (non-hydrogen) atoms. The van der Waals surface area contributed by atoms with Crippen LogP contribution in [-0.4, -0.2) is 17.7 Å². The number of nitrogens with zero attached hydrogens (tertiary/aromatic N) is 2. The smallest absolute Gasteiger partial charge is 0.327 e. The van der Waals surface area contributed by atoms with Crippen LogP contribution in [0.2, 0.25) is 0 Å². The molecule has 1 heterocycles. The molecule has 1 aliphatic heterocycles. The molecule has 0 saturated carbocycles. The topological polar surface area (TPSA) is 45.0 Å². The summed E-state index contributed by atoms with van der Waals surface area (Å²) in [4.78, 5) is 6.89. The Balaban J connectivity index is 2.82. The molecule has 0 unspecified atom stereocenters. The average molecular weight is 95.1 g/mol. The van der Waals surface area contributed by atoms with Crippen molar-refractivity contribution in [1.82, 2.24) is 0 Å². The minimum atomic E-state index is -0.0255. The van der Waals surface area contributed by atoms with E-state index in [9.17, 15) is 0 Å². The first-order valence-electron chi connectivity index (χ1n) is 1.76. The predicted octanol–water partition coefficient (Wildman–Crippen LogP) is 0.376. The van der Waals surface area contributed by atoms with E-state index < -0.39 is 0 Å². The lowest BCUT2D eigenvalue weighted by Crippen LogP contribution is -1.85. The zero-order chi connectivity index (χ0) is 5.11. The largest absolute Gasteiger partial charge is 0.479 e. The summed E-state index contributed by atoms with van der Waals surface area (Å²) in [5, 5.41) is 8.45. The molecule has 0 fully saturated rings. The van der Waals surface area contributed by atoms with E-state index in [1.165, 1.54) is 12.5 Å². The molecule has 1 rings (SSSR count). The van der Waals surface area contributed by atoms with Gasteiger partial charge in [-0.3, -0.25) is 0 Å². The van der Waals surface area contributed by atoms with Gasteiger partial charge in [0.2, 0.25) is 12.6 Å². The molecule has 0 radical (unpaired) electrons. The SMILES string of the molecule is OC1=CN=CN=[C+]1. The Kier molecular flexibility index (Phi) is 0.845. The van der Waals surface area contributed by atoms with Crippen molar-refractivity contribution in [2.75, 3.05) is 0 Å². The highest BCUT2D eigenvalue weighted by molar-refractivity contribution is 5.85. The van der Waals surface area contributed by atoms with Crippen molar-refractivity contribution >= 4 is 12.6 Å². The summed E-state index contributed by atoms with van der Waals surface area (Å²) in [6, 6.07) is 0. The Morgan fingerprint density at radius 2 is 2.57 bits per heavy atom. The van der Waals surface area contributed by atoms with Gasteiger partial charge in [-0.25, -0.2) is 0 Å². The van der Waals surface area contributed by atoms with Crippen LogP contribution >= 0.6 is 0 Å². The summed E-state index contributed by atoms with van der Waals surface area (Å²) in [7, 11) is 0. The van der Waals surface area contributed by atoms with Crippen LogP contribution in [0.15, 0.2) is 21.9 Å². The van der Waals surface area contributed by atoms with E-state index >= 15 is 0 Å². The van der Waals surface area contributed by atoms with Crippen LogP contribution < -0.4 is 0 Å². The normalized spacial score (nSPS) is 15.7. The highest BCUT2D eigenvalue weighted by atomic mass is 16.3. The third kappa shape index (κ3) is 0.809. The lowest BCUT2D eigenvalue weighted by molar-refractivity contribution is 0.444. The van der Waals surface area contributed by atoms with E-state index in [1.54, 1.807) is 0 Å². The molecule has 3 nitrogen and oxygen atoms in total. The number of aliphatic hydroxyl groups excluding tert-OH is 1. The minimum absolute atomic E-state index is 0.0255. The van der Waals surface area contributed by atoms with Crippen molar-refractivity contribution < 1.29 is 5.11 Å². The van der Waals surface area contributed by atoms with E-state index in [-0.39, 0.29) is 5.76 Å². The van der Waals surface area contributed by atoms with Crippen LogP contribution in [0, 0.1) is 0 Å². The zero-order valence-electron chi connectivity index (χ0n) is 3.50. The summed E-state index contributed by atoms with van der Waals surface area (Å²) in [5.74, 6) is -0.0255. The number of allylic oxidation sites excluding steroid dienone is 1. The zero-order valence-corrected chi connectivity index (χ0v) is 3.50. The van der Waals surface area contributed by atoms with E-state index in [0.29, 0.717) is 0 Å². The number of rotatable bonds is 0. The molecule has 0 amide bonds. The van der Waals surface area contributed by atoms with Gasteiger partial charge in [0.1, 0.15) is 0 Å². The van der Waals surface area contributed by atoms with E-state index in [1.807, 2.05) is 0 Å². The Morgan fingerprint density at radius 1 is 1.71 bits per heavy atom. The molecule has 0 aliphatic carbocycles. The maximum atomic E-state index is 8.45. The van der Waals surface area contributed by atoms with Gasteiger partial charge in [0, 0.05) is 0 Å². The monoisotopic (exact) mass is 95.0 g/mol. The Hall–Kier alpha value is -1.21. The second kappa shape index (κ2) is 1.49. The molecular weight excluding hydrogens is 92.1 g/mol. The highest BCUT2D eigenvalue weighted by Crippen LogP contribution is 1.87. The first-order chi connectivity index (χ1) is 3.39. The van der Waals surface area contributed by atoms with Crippen LogP contribution in [-0.2, 0) is 0 Å². The van der Waals surface area contributed by atoms with E-state index in [0.717, 1.165) is 0 Å². The predicted molar refractivity (Wildman–Crippen MR) is 26.6 cm³/mol. The van der Waals surface area contributed by atoms with Crippen molar-refractivity contribution in [2.24, 2.45) is 9.98 Å². The van der Waals surface area contributed by atoms with Crippen LogP contribution in [0.1, 0.15) is 0 Å². The summed E-state index contributed by atoms with van der Waals surface area (Å²) in [6.07, 6.45) is 4.85. The van der Waals surface area contributed by atoms with Crippen molar-refractivity contribution in [2.45, 2.75) is 0 Å². The van der Waals surface area contributed by atoms with Gasteiger partial charge in [0.25, 0.3) is 0 Å². The van der Waals surface area contributed by atoms with Crippen molar-refractivity contribution in [3.8, 4) is 0 Å². The van der Waals surface area contributed by atoms with Gasteiger partial charge in [-0.15, -0.1) is 4.99 Å². The molecule has 0 saturated heterocycles. The number of hydrogen-bond acceptors (Lipinski definition) is 3. The van der Waals surface area contributed by atoms with Crippen molar-refractivity contribution in [1.29, 1.82) is 0 Å². The summed E-state index contributed by atoms with van der Waals surface area (Å²) >= 11 is 0. The summed E-state index contributed by atoms with van der Waals surface area (Å²) in [6.45, 7) is 0. The Labute approximate surface area is 40.7 Å². The van der Waals surface area contributed by atoms with Gasteiger partial charge in [-0.2, -0.15) is 0 Å². The fourth-order valence-electron chi connectivity index (χ4n) is 0.261. The van der Waals surface area contributed by atoms with Gasteiger partial charge in [0.15, 0.2) is 6.20 Å². The first kappa shape index (κ1) is 3.96. The maximum Gasteiger partial charge on any atom is 0.327 e. The fraction of sp³-hybridized carbons (Fsp3) is 0. The van der Waals surface area contributed by atoms with Crippen LogP contribution in [0.25, 0.3) is 0 Å². The van der Waals surface area contributed by atoms with Gasteiger partial charge < -0.3 is 5.11 Å². The molecule has 0 aromatic rings. The fourth-order valence-corrected chi connectivity index (χ4v) is 0.261. The maximum absolute atomic E-state index is 8.45. The number of hydrogen-bond donors (Lipinski definition) is 1. The lowest BCUT2D eigenvalue weighted by Gasteiger charge is -1.74. The molecule has 0 aromatic carbocycles. The average Bonchev–Trinajstić information content (AvgIpc) is 1.69. The molecule has 3 heteroatoms. The number of aliphatic hydroxyl groups is 1. The van der Waals surface area contributed by atoms with Gasteiger partial charge >= 0.3 is 5.76 Å². The summed E-state index contributed by atoms with van der Waals surface area (Å²) in [5.41, 5.74) is 0. The van der Waals surface area contributed by atoms with Crippen molar-refractivity contribution in [3.63, 3.8) is 0 Å². The Bertz CT molecular complexity index is 146. The molecule has 1 aliphatic rings. The van der Waals surface area contributed by atoms with Crippen LogP contribution in [0.3, 0.4) is 0 Å². The quantitative estimate of drug-likeness (QED) is 0.434. The molecule has 34 valence electrons. The van der Waals surface area contributed by atoms with E-state index in [2.05, 4.69) is 16.2 Å². The van der Waals surface area contributed by atoms with E-state index in [4.69, 9.17) is 5.11 Å². The third-order valence-electron chi connectivity index (χ3n) is 0.500. The van der Waals surface area contributed by atoms with Crippen molar-refractivity contribution in [3.05, 3.63) is 12.0 Å². The molecule has 0 bridgehead atoms. The van der Waals surface area contributed by atoms with Gasteiger partial charge in [-0.1, -0.05) is 0 Å². The highest BCUT2D eigenvalue weighted by Gasteiger charge is 1.98. The van der Waals surface area contributed by atoms with Gasteiger partial charge in [-0.05, 0) is 4.99 Å². The van der Waals surface area contributed by atoms with Crippen LogP contribution in [0.5, 0.6) is 0 Å². The second-order valence-electron chi connectivity index (χ2n) is 1.02. The molecule has 0 aromatic heterocycles. The lowest BCUT2D eigenvalue weighted by atomic mass is 10.6. The molecule has 0 spiro atoms. The number of aliphatic imine (C=N–C) groups is 2.